The molecule has 0 unspecified atom stereocenters. The predicted molar refractivity (Wildman–Crippen MR) is 115 cm³/mol. The average Bonchev–Trinajstić information content (AvgIpc) is 3.21. The highest BCUT2D eigenvalue weighted by molar-refractivity contribution is 7.80. The van der Waals surface area contributed by atoms with Crippen LogP contribution in [0.25, 0.3) is 11.8 Å². The molecular formula is C21H13FN4O4S. The Morgan fingerprint density at radius 3 is 2.48 bits per heavy atom. The predicted octanol–water partition coefficient (Wildman–Crippen LogP) is 3.36. The monoisotopic (exact) mass is 436 g/mol. The number of rotatable bonds is 4. The molecule has 1 N–H and O–H groups in total. The summed E-state index contributed by atoms with van der Waals surface area (Å²) in [7, 11) is 0. The van der Waals surface area contributed by atoms with Gasteiger partial charge in [0.05, 0.1) is 16.3 Å². The highest BCUT2D eigenvalue weighted by Crippen LogP contribution is 2.24. The van der Waals surface area contributed by atoms with Crippen molar-refractivity contribution in [3.63, 3.8) is 0 Å². The van der Waals surface area contributed by atoms with Gasteiger partial charge in [0.2, 0.25) is 0 Å². The Morgan fingerprint density at radius 2 is 1.77 bits per heavy atom. The lowest BCUT2D eigenvalue weighted by atomic mass is 10.1. The first-order chi connectivity index (χ1) is 14.8. The number of carbonyl (C=O) groups is 2. The van der Waals surface area contributed by atoms with E-state index >= 15 is 0 Å². The minimum atomic E-state index is -0.680. The van der Waals surface area contributed by atoms with Crippen molar-refractivity contribution >= 4 is 46.6 Å². The van der Waals surface area contributed by atoms with Gasteiger partial charge in [0.25, 0.3) is 17.5 Å². The van der Waals surface area contributed by atoms with Gasteiger partial charge < -0.3 is 4.57 Å². The summed E-state index contributed by atoms with van der Waals surface area (Å²) >= 11 is 5.12. The maximum Gasteiger partial charge on any atom is 0.271 e. The van der Waals surface area contributed by atoms with E-state index in [1.807, 2.05) is 0 Å². The number of anilines is 1. The molecule has 0 spiro atoms. The second-order valence-corrected chi connectivity index (χ2v) is 6.90. The summed E-state index contributed by atoms with van der Waals surface area (Å²) < 4.78 is 14.9. The summed E-state index contributed by atoms with van der Waals surface area (Å²) in [5.74, 6) is -1.83. The molecule has 2 heterocycles. The number of hydrogen-bond donors (Lipinski definition) is 1. The molecule has 1 saturated heterocycles. The maximum absolute atomic E-state index is 13.3. The van der Waals surface area contributed by atoms with Crippen molar-refractivity contribution < 1.29 is 18.9 Å². The first kappa shape index (κ1) is 20.1. The largest absolute Gasteiger partial charge is 0.317 e. The second-order valence-electron chi connectivity index (χ2n) is 6.51. The number of amides is 2. The molecule has 2 amide bonds. The van der Waals surface area contributed by atoms with Crippen LogP contribution >= 0.6 is 12.2 Å². The Morgan fingerprint density at radius 1 is 1.03 bits per heavy atom. The zero-order valence-corrected chi connectivity index (χ0v) is 16.5. The first-order valence-electron chi connectivity index (χ1n) is 8.94. The molecular weight excluding hydrogens is 423 g/mol. The van der Waals surface area contributed by atoms with Gasteiger partial charge in [-0.1, -0.05) is 6.07 Å². The van der Waals surface area contributed by atoms with Gasteiger partial charge in [0.1, 0.15) is 11.4 Å². The van der Waals surface area contributed by atoms with Gasteiger partial charge in [0.15, 0.2) is 5.11 Å². The summed E-state index contributed by atoms with van der Waals surface area (Å²) in [4.78, 5) is 37.2. The van der Waals surface area contributed by atoms with Crippen LogP contribution < -0.4 is 10.2 Å². The van der Waals surface area contributed by atoms with Gasteiger partial charge in [-0.2, -0.15) is 0 Å². The van der Waals surface area contributed by atoms with Crippen molar-refractivity contribution in [1.29, 1.82) is 0 Å². The summed E-state index contributed by atoms with van der Waals surface area (Å²) in [5.41, 5.74) is 0.954. The number of halogens is 1. The first-order valence-corrected chi connectivity index (χ1v) is 9.35. The molecule has 1 aliphatic heterocycles. The standard InChI is InChI=1S/C21H13FN4O4S/c22-13-6-8-14(9-7-13)25-20(28)18(19(27)23-21(25)31)12-16-5-2-10-24(16)15-3-1-4-17(11-15)26(29)30/h1-12H,(H,23,27,31)/b18-12-. The van der Waals surface area contributed by atoms with Gasteiger partial charge in [-0.15, -0.1) is 0 Å². The van der Waals surface area contributed by atoms with Crippen molar-refractivity contribution in [3.8, 4) is 5.69 Å². The SMILES string of the molecule is O=C1NC(=S)N(c2ccc(F)cc2)C(=O)/C1=C\c1cccn1-c1cccc([N+](=O)[O-])c1. The smallest absolute Gasteiger partial charge is 0.271 e. The van der Waals surface area contributed by atoms with Gasteiger partial charge in [0, 0.05) is 24.0 Å². The summed E-state index contributed by atoms with van der Waals surface area (Å²) in [6.07, 6.45) is 3.02. The summed E-state index contributed by atoms with van der Waals surface area (Å²) in [6, 6.07) is 14.4. The van der Waals surface area contributed by atoms with Crippen molar-refractivity contribution in [2.24, 2.45) is 0 Å². The van der Waals surface area contributed by atoms with E-state index < -0.39 is 22.6 Å². The number of hydrogen-bond acceptors (Lipinski definition) is 5. The third-order valence-corrected chi connectivity index (χ3v) is 4.86. The Hall–Kier alpha value is -4.18. The van der Waals surface area contributed by atoms with Crippen molar-refractivity contribution in [1.82, 2.24) is 9.88 Å². The molecule has 0 saturated carbocycles. The number of nitrogens with zero attached hydrogens (tertiary/aromatic N) is 3. The molecule has 0 aliphatic carbocycles. The lowest BCUT2D eigenvalue weighted by Crippen LogP contribution is -2.54. The molecule has 31 heavy (non-hydrogen) atoms. The topological polar surface area (TPSA) is 97.5 Å². The number of aromatic nitrogens is 1. The molecule has 0 bridgehead atoms. The van der Waals surface area contributed by atoms with Crippen LogP contribution in [0.4, 0.5) is 15.8 Å². The summed E-state index contributed by atoms with van der Waals surface area (Å²) in [6.45, 7) is 0. The van der Waals surface area contributed by atoms with Crippen LogP contribution in [0.2, 0.25) is 0 Å². The highest BCUT2D eigenvalue weighted by atomic mass is 32.1. The molecule has 10 heteroatoms. The van der Waals surface area contributed by atoms with Crippen molar-refractivity contribution in [3.05, 3.63) is 94.1 Å². The zero-order valence-electron chi connectivity index (χ0n) is 15.7. The quantitative estimate of drug-likeness (QED) is 0.222. The number of nitrogens with one attached hydrogen (secondary N) is 1. The molecule has 2 aromatic carbocycles. The highest BCUT2D eigenvalue weighted by Gasteiger charge is 2.34. The number of nitro benzene ring substituents is 1. The average molecular weight is 436 g/mol. The van der Waals surface area contributed by atoms with E-state index in [-0.39, 0.29) is 16.4 Å². The molecule has 154 valence electrons. The van der Waals surface area contributed by atoms with E-state index in [4.69, 9.17) is 12.2 Å². The van der Waals surface area contributed by atoms with Crippen LogP contribution in [0.1, 0.15) is 5.69 Å². The molecule has 8 nitrogen and oxygen atoms in total. The fourth-order valence-corrected chi connectivity index (χ4v) is 3.41. The van der Waals surface area contributed by atoms with Crippen molar-refractivity contribution in [2.45, 2.75) is 0 Å². The van der Waals surface area contributed by atoms with Crippen LogP contribution in [0.3, 0.4) is 0 Å². The van der Waals surface area contributed by atoms with Gasteiger partial charge >= 0.3 is 0 Å². The van der Waals surface area contributed by atoms with Crippen LogP contribution in [0, 0.1) is 15.9 Å². The lowest BCUT2D eigenvalue weighted by Gasteiger charge is -2.28. The fourth-order valence-electron chi connectivity index (χ4n) is 3.13. The van der Waals surface area contributed by atoms with E-state index in [2.05, 4.69) is 5.32 Å². The molecule has 1 fully saturated rings. The summed E-state index contributed by atoms with van der Waals surface area (Å²) in [5, 5.41) is 13.4. The van der Waals surface area contributed by atoms with E-state index in [1.54, 1.807) is 29.0 Å². The minimum Gasteiger partial charge on any atom is -0.317 e. The zero-order chi connectivity index (χ0) is 22.1. The number of carbonyl (C=O) groups excluding carboxylic acids is 2. The number of non-ortho nitro benzene ring substituents is 1. The van der Waals surface area contributed by atoms with E-state index in [0.29, 0.717) is 17.1 Å². The third-order valence-electron chi connectivity index (χ3n) is 4.58. The van der Waals surface area contributed by atoms with Crippen LogP contribution in [-0.4, -0.2) is 26.4 Å². The lowest BCUT2D eigenvalue weighted by molar-refractivity contribution is -0.384. The Bertz CT molecular complexity index is 1270. The van der Waals surface area contributed by atoms with Crippen LogP contribution in [-0.2, 0) is 9.59 Å². The van der Waals surface area contributed by atoms with E-state index in [9.17, 15) is 24.1 Å². The minimum absolute atomic E-state index is 0.0934. The Balaban J connectivity index is 1.74. The Labute approximate surface area is 180 Å². The molecule has 0 radical (unpaired) electrons. The van der Waals surface area contributed by atoms with Crippen LogP contribution in [0.5, 0.6) is 0 Å². The third kappa shape index (κ3) is 3.83. The van der Waals surface area contributed by atoms with Gasteiger partial charge in [-0.05, 0) is 60.8 Å². The molecule has 0 atom stereocenters. The number of nitro groups is 1. The van der Waals surface area contributed by atoms with Gasteiger partial charge in [-0.25, -0.2) is 4.39 Å². The molecule has 1 aromatic heterocycles. The fraction of sp³-hybridized carbons (Fsp3) is 0. The number of benzene rings is 2. The van der Waals surface area contributed by atoms with E-state index in [1.165, 1.54) is 48.5 Å². The van der Waals surface area contributed by atoms with Gasteiger partial charge in [-0.3, -0.25) is 29.9 Å². The second kappa shape index (κ2) is 7.92. The van der Waals surface area contributed by atoms with Crippen molar-refractivity contribution in [2.75, 3.05) is 4.90 Å². The van der Waals surface area contributed by atoms with Crippen LogP contribution in [0.15, 0.2) is 72.4 Å². The normalized spacial score (nSPS) is 15.3. The van der Waals surface area contributed by atoms with E-state index in [0.717, 1.165) is 4.90 Å². The molecule has 4 rings (SSSR count). The number of thiocarbonyl (C=S) groups is 1. The maximum atomic E-state index is 13.3. The molecule has 1 aliphatic rings. The Kier molecular flexibility index (Phi) is 5.14. The molecule has 3 aromatic rings.